The topological polar surface area (TPSA) is 62.5 Å². The highest BCUT2D eigenvalue weighted by molar-refractivity contribution is 5.92. The Morgan fingerprint density at radius 1 is 1.17 bits per heavy atom. The van der Waals surface area contributed by atoms with E-state index in [1.807, 2.05) is 6.92 Å². The number of alkyl halides is 3. The zero-order valence-electron chi connectivity index (χ0n) is 13.5. The normalized spacial score (nSPS) is 14.3. The number of anilines is 1. The number of aryl methyl sites for hydroxylation is 3. The lowest BCUT2D eigenvalue weighted by molar-refractivity contribution is -0.272. The van der Waals surface area contributed by atoms with Gasteiger partial charge in [-0.2, -0.15) is 13.2 Å². The third-order valence-corrected chi connectivity index (χ3v) is 3.69. The van der Waals surface area contributed by atoms with E-state index >= 15 is 0 Å². The Kier molecular flexibility index (Phi) is 4.75. The van der Waals surface area contributed by atoms with E-state index in [9.17, 15) is 23.1 Å². The van der Waals surface area contributed by atoms with Gasteiger partial charge in [-0.25, -0.2) is 0 Å². The number of carbonyl (C=O) groups is 1. The van der Waals surface area contributed by atoms with E-state index in [0.29, 0.717) is 11.3 Å². The van der Waals surface area contributed by atoms with Gasteiger partial charge in [0.05, 0.1) is 6.42 Å². The van der Waals surface area contributed by atoms with Crippen LogP contribution in [0, 0.1) is 20.8 Å². The quantitative estimate of drug-likeness (QED) is 0.884. The molecule has 2 aromatic rings. The minimum Gasteiger partial charge on any atom is -0.463 e. The molecule has 2 N–H and O–H groups in total. The smallest absolute Gasteiger partial charge is 0.425 e. The average molecular weight is 341 g/mol. The molecule has 7 heteroatoms. The molecular formula is C17H18F3NO3. The molecule has 1 atom stereocenters. The van der Waals surface area contributed by atoms with Crippen LogP contribution in [0.5, 0.6) is 0 Å². The predicted octanol–water partition coefficient (Wildman–Crippen LogP) is 3.98. The molecule has 0 bridgehead atoms. The van der Waals surface area contributed by atoms with Gasteiger partial charge in [-0.05, 0) is 44.5 Å². The van der Waals surface area contributed by atoms with Gasteiger partial charge in [-0.15, -0.1) is 0 Å². The first-order chi connectivity index (χ1) is 11.0. The maximum absolute atomic E-state index is 13.3. The van der Waals surface area contributed by atoms with Crippen LogP contribution >= 0.6 is 0 Å². The van der Waals surface area contributed by atoms with Crippen molar-refractivity contribution >= 4 is 11.6 Å². The summed E-state index contributed by atoms with van der Waals surface area (Å²) in [6.45, 7) is 5.05. The summed E-state index contributed by atoms with van der Waals surface area (Å²) < 4.78 is 44.9. The van der Waals surface area contributed by atoms with Gasteiger partial charge in [-0.3, -0.25) is 4.79 Å². The number of rotatable bonds is 4. The van der Waals surface area contributed by atoms with Crippen molar-refractivity contribution in [3.8, 4) is 0 Å². The van der Waals surface area contributed by atoms with Crippen LogP contribution in [0.4, 0.5) is 18.9 Å². The molecule has 0 aliphatic rings. The lowest BCUT2D eigenvalue weighted by Crippen LogP contribution is -2.44. The summed E-state index contributed by atoms with van der Waals surface area (Å²) in [6.07, 6.45) is -6.26. The van der Waals surface area contributed by atoms with Crippen LogP contribution in [0.1, 0.15) is 29.1 Å². The van der Waals surface area contributed by atoms with Gasteiger partial charge in [0.2, 0.25) is 11.5 Å². The van der Waals surface area contributed by atoms with Crippen molar-refractivity contribution in [3.63, 3.8) is 0 Å². The number of amides is 1. The second-order valence-electron chi connectivity index (χ2n) is 5.81. The molecular weight excluding hydrogens is 323 g/mol. The molecule has 0 saturated heterocycles. The summed E-state index contributed by atoms with van der Waals surface area (Å²) in [5.74, 6) is -1.46. The highest BCUT2D eigenvalue weighted by Crippen LogP contribution is 2.42. The molecule has 0 fully saturated rings. The van der Waals surface area contributed by atoms with Crippen LogP contribution in [0.3, 0.4) is 0 Å². The number of hydrogen-bond acceptors (Lipinski definition) is 3. The lowest BCUT2D eigenvalue weighted by atomic mass is 9.95. The van der Waals surface area contributed by atoms with Crippen molar-refractivity contribution in [2.75, 3.05) is 5.32 Å². The second-order valence-corrected chi connectivity index (χ2v) is 5.81. The van der Waals surface area contributed by atoms with E-state index in [1.54, 1.807) is 25.1 Å². The van der Waals surface area contributed by atoms with Gasteiger partial charge < -0.3 is 14.8 Å². The van der Waals surface area contributed by atoms with Crippen molar-refractivity contribution in [1.82, 2.24) is 0 Å². The number of carbonyl (C=O) groups excluding carboxylic acids is 1. The van der Waals surface area contributed by atoms with Gasteiger partial charge in [0, 0.05) is 5.69 Å². The molecule has 2 rings (SSSR count). The molecule has 1 unspecified atom stereocenters. The predicted molar refractivity (Wildman–Crippen MR) is 82.6 cm³/mol. The third kappa shape index (κ3) is 3.62. The fourth-order valence-electron chi connectivity index (χ4n) is 2.36. The van der Waals surface area contributed by atoms with E-state index in [0.717, 1.165) is 11.6 Å². The SMILES string of the molecule is Cc1ccc(NC(=O)CC(O)(c2ccc(C)o2)C(F)(F)F)c(C)c1. The molecule has 1 heterocycles. The highest BCUT2D eigenvalue weighted by atomic mass is 19.4. The standard InChI is InChI=1S/C17H18F3NO3/c1-10-4-6-13(11(2)8-10)21-15(22)9-16(23,17(18,19)20)14-7-5-12(3)24-14/h4-8,23H,9H2,1-3H3,(H,21,22). The number of furan rings is 1. The fraction of sp³-hybridized carbons (Fsp3) is 0.353. The van der Waals surface area contributed by atoms with Gasteiger partial charge in [0.1, 0.15) is 11.5 Å². The first-order valence-electron chi connectivity index (χ1n) is 7.26. The summed E-state index contributed by atoms with van der Waals surface area (Å²) in [7, 11) is 0. The Balaban J connectivity index is 2.25. The largest absolute Gasteiger partial charge is 0.463 e. The molecule has 0 saturated carbocycles. The maximum atomic E-state index is 13.3. The van der Waals surface area contributed by atoms with Crippen LogP contribution < -0.4 is 5.32 Å². The van der Waals surface area contributed by atoms with Gasteiger partial charge in [0.25, 0.3) is 0 Å². The Morgan fingerprint density at radius 3 is 2.33 bits per heavy atom. The first-order valence-corrected chi connectivity index (χ1v) is 7.26. The van der Waals surface area contributed by atoms with Crippen LogP contribution in [-0.4, -0.2) is 17.2 Å². The van der Waals surface area contributed by atoms with Crippen molar-refractivity contribution in [1.29, 1.82) is 0 Å². The molecule has 1 aromatic heterocycles. The molecule has 0 radical (unpaired) electrons. The van der Waals surface area contributed by atoms with Gasteiger partial charge in [-0.1, -0.05) is 17.7 Å². The fourth-order valence-corrected chi connectivity index (χ4v) is 2.36. The van der Waals surface area contributed by atoms with Crippen LogP contribution in [0.2, 0.25) is 0 Å². The summed E-state index contributed by atoms with van der Waals surface area (Å²) >= 11 is 0. The molecule has 0 spiro atoms. The maximum Gasteiger partial charge on any atom is 0.425 e. The van der Waals surface area contributed by atoms with E-state index in [2.05, 4.69) is 5.32 Å². The molecule has 1 aromatic carbocycles. The van der Waals surface area contributed by atoms with E-state index in [1.165, 1.54) is 13.0 Å². The monoisotopic (exact) mass is 341 g/mol. The number of nitrogens with one attached hydrogen (secondary N) is 1. The van der Waals surface area contributed by atoms with Crippen LogP contribution in [0.15, 0.2) is 34.7 Å². The lowest BCUT2D eigenvalue weighted by Gasteiger charge is -2.28. The van der Waals surface area contributed by atoms with Gasteiger partial charge in [0.15, 0.2) is 0 Å². The Morgan fingerprint density at radius 2 is 1.83 bits per heavy atom. The zero-order chi connectivity index (χ0) is 18.1. The molecule has 24 heavy (non-hydrogen) atoms. The Bertz CT molecular complexity index is 752. The highest BCUT2D eigenvalue weighted by Gasteiger charge is 2.58. The second kappa shape index (κ2) is 6.32. The average Bonchev–Trinajstić information content (AvgIpc) is 2.87. The van der Waals surface area contributed by atoms with E-state index in [-0.39, 0.29) is 5.76 Å². The van der Waals surface area contributed by atoms with E-state index in [4.69, 9.17) is 4.42 Å². The third-order valence-electron chi connectivity index (χ3n) is 3.69. The van der Waals surface area contributed by atoms with Crippen molar-refractivity contribution in [2.45, 2.75) is 39.0 Å². The summed E-state index contributed by atoms with van der Waals surface area (Å²) in [5.41, 5.74) is -1.31. The minimum atomic E-state index is -5.06. The van der Waals surface area contributed by atoms with Crippen molar-refractivity contribution in [3.05, 3.63) is 53.0 Å². The Hall–Kier alpha value is -2.28. The first kappa shape index (κ1) is 18.1. The summed E-state index contributed by atoms with van der Waals surface area (Å²) in [5, 5.41) is 12.5. The summed E-state index contributed by atoms with van der Waals surface area (Å²) in [4.78, 5) is 12.1. The Labute approximate surface area is 137 Å². The van der Waals surface area contributed by atoms with Gasteiger partial charge >= 0.3 is 6.18 Å². The summed E-state index contributed by atoms with van der Waals surface area (Å²) in [6, 6.07) is 7.45. The molecule has 130 valence electrons. The molecule has 0 aliphatic heterocycles. The molecule has 1 amide bonds. The number of hydrogen-bond donors (Lipinski definition) is 2. The number of aliphatic hydroxyl groups is 1. The minimum absolute atomic E-state index is 0.211. The van der Waals surface area contributed by atoms with Crippen molar-refractivity contribution < 1.29 is 27.5 Å². The molecule has 0 aliphatic carbocycles. The van der Waals surface area contributed by atoms with Crippen LogP contribution in [-0.2, 0) is 10.4 Å². The number of halogens is 3. The van der Waals surface area contributed by atoms with Crippen molar-refractivity contribution in [2.24, 2.45) is 0 Å². The number of benzene rings is 1. The van der Waals surface area contributed by atoms with Crippen LogP contribution in [0.25, 0.3) is 0 Å². The van der Waals surface area contributed by atoms with E-state index < -0.39 is 29.9 Å². The zero-order valence-corrected chi connectivity index (χ0v) is 13.5. The molecule has 4 nitrogen and oxygen atoms in total.